The fraction of sp³-hybridized carbons (Fsp3) is 0.889. The SMILES string of the molecule is CNC(C)C1CCCN1C(C)=O. The highest BCUT2D eigenvalue weighted by Crippen LogP contribution is 2.19. The number of rotatable bonds is 2. The molecule has 0 radical (unpaired) electrons. The first-order valence-corrected chi connectivity index (χ1v) is 4.61. The second-order valence-corrected chi connectivity index (χ2v) is 3.50. The maximum absolute atomic E-state index is 11.2. The van der Waals surface area contributed by atoms with E-state index in [9.17, 15) is 4.79 Å². The van der Waals surface area contributed by atoms with Crippen LogP contribution in [0.15, 0.2) is 0 Å². The standard InChI is InChI=1S/C9H18N2O/c1-7(10-3)9-5-4-6-11(9)8(2)12/h7,9-10H,4-6H2,1-3H3. The molecular formula is C9H18N2O. The van der Waals surface area contributed by atoms with E-state index in [1.54, 1.807) is 6.92 Å². The lowest BCUT2D eigenvalue weighted by molar-refractivity contribution is -0.130. The number of hydrogen-bond acceptors (Lipinski definition) is 2. The zero-order valence-electron chi connectivity index (χ0n) is 8.13. The third-order valence-corrected chi connectivity index (χ3v) is 2.74. The quantitative estimate of drug-likeness (QED) is 0.658. The summed E-state index contributed by atoms with van der Waals surface area (Å²) in [6, 6.07) is 0.823. The summed E-state index contributed by atoms with van der Waals surface area (Å²) in [4.78, 5) is 13.1. The van der Waals surface area contributed by atoms with Crippen LogP contribution in [-0.2, 0) is 4.79 Å². The fourth-order valence-electron chi connectivity index (χ4n) is 1.90. The Morgan fingerprint density at radius 1 is 1.67 bits per heavy atom. The van der Waals surface area contributed by atoms with Gasteiger partial charge in [-0.3, -0.25) is 4.79 Å². The second-order valence-electron chi connectivity index (χ2n) is 3.50. The first kappa shape index (κ1) is 9.52. The lowest BCUT2D eigenvalue weighted by Gasteiger charge is -2.28. The first-order valence-electron chi connectivity index (χ1n) is 4.61. The van der Waals surface area contributed by atoms with Crippen molar-refractivity contribution in [3.05, 3.63) is 0 Å². The van der Waals surface area contributed by atoms with Crippen LogP contribution in [0.4, 0.5) is 0 Å². The van der Waals surface area contributed by atoms with Crippen molar-refractivity contribution >= 4 is 5.91 Å². The molecule has 0 aromatic rings. The highest BCUT2D eigenvalue weighted by Gasteiger charge is 2.29. The Bertz CT molecular complexity index is 170. The Labute approximate surface area is 74.1 Å². The van der Waals surface area contributed by atoms with Crippen LogP contribution in [0.2, 0.25) is 0 Å². The molecule has 0 saturated carbocycles. The fourth-order valence-corrected chi connectivity index (χ4v) is 1.90. The minimum Gasteiger partial charge on any atom is -0.338 e. The molecule has 0 aliphatic carbocycles. The summed E-state index contributed by atoms with van der Waals surface area (Å²) in [5, 5.41) is 3.20. The van der Waals surface area contributed by atoms with E-state index in [0.29, 0.717) is 12.1 Å². The van der Waals surface area contributed by atoms with Gasteiger partial charge in [-0.25, -0.2) is 0 Å². The number of amides is 1. The van der Waals surface area contributed by atoms with Gasteiger partial charge in [-0.1, -0.05) is 0 Å². The average Bonchev–Trinajstić information content (AvgIpc) is 2.50. The van der Waals surface area contributed by atoms with Gasteiger partial charge in [0.05, 0.1) is 0 Å². The van der Waals surface area contributed by atoms with Crippen molar-refractivity contribution in [2.75, 3.05) is 13.6 Å². The van der Waals surface area contributed by atoms with Crippen molar-refractivity contribution in [1.29, 1.82) is 0 Å². The van der Waals surface area contributed by atoms with Crippen LogP contribution in [0.5, 0.6) is 0 Å². The van der Waals surface area contributed by atoms with Crippen molar-refractivity contribution in [2.45, 2.75) is 38.8 Å². The molecule has 0 aromatic heterocycles. The Morgan fingerprint density at radius 2 is 2.33 bits per heavy atom. The molecule has 1 aliphatic rings. The molecule has 3 heteroatoms. The number of nitrogens with one attached hydrogen (secondary N) is 1. The summed E-state index contributed by atoms with van der Waals surface area (Å²) >= 11 is 0. The highest BCUT2D eigenvalue weighted by molar-refractivity contribution is 5.74. The van der Waals surface area contributed by atoms with Gasteiger partial charge in [-0.05, 0) is 26.8 Å². The number of likely N-dealkylation sites (N-methyl/N-ethyl adjacent to an activating group) is 1. The van der Waals surface area contributed by atoms with Gasteiger partial charge in [0, 0.05) is 25.6 Å². The number of likely N-dealkylation sites (tertiary alicyclic amines) is 1. The third-order valence-electron chi connectivity index (χ3n) is 2.74. The summed E-state index contributed by atoms with van der Waals surface area (Å²) in [7, 11) is 1.95. The van der Waals surface area contributed by atoms with Crippen molar-refractivity contribution in [3.63, 3.8) is 0 Å². The summed E-state index contributed by atoms with van der Waals surface area (Å²) in [6.45, 7) is 4.72. The molecular weight excluding hydrogens is 152 g/mol. The van der Waals surface area contributed by atoms with Gasteiger partial charge in [0.15, 0.2) is 0 Å². The van der Waals surface area contributed by atoms with Crippen LogP contribution in [-0.4, -0.2) is 36.5 Å². The third kappa shape index (κ3) is 1.78. The zero-order valence-corrected chi connectivity index (χ0v) is 8.13. The lowest BCUT2D eigenvalue weighted by Crippen LogP contribution is -2.45. The number of nitrogens with zero attached hydrogens (tertiary/aromatic N) is 1. The summed E-state index contributed by atoms with van der Waals surface area (Å²) in [5.41, 5.74) is 0. The van der Waals surface area contributed by atoms with Crippen LogP contribution in [0.3, 0.4) is 0 Å². The van der Waals surface area contributed by atoms with Gasteiger partial charge < -0.3 is 10.2 Å². The molecule has 2 unspecified atom stereocenters. The van der Waals surface area contributed by atoms with Crippen molar-refractivity contribution in [2.24, 2.45) is 0 Å². The molecule has 1 heterocycles. The predicted molar refractivity (Wildman–Crippen MR) is 48.9 cm³/mol. The van der Waals surface area contributed by atoms with Crippen LogP contribution in [0, 0.1) is 0 Å². The van der Waals surface area contributed by atoms with E-state index in [1.165, 1.54) is 0 Å². The summed E-state index contributed by atoms with van der Waals surface area (Å²) in [6.07, 6.45) is 2.29. The minimum atomic E-state index is 0.208. The van der Waals surface area contributed by atoms with E-state index < -0.39 is 0 Å². The predicted octanol–water partition coefficient (Wildman–Crippen LogP) is 0.605. The van der Waals surface area contributed by atoms with Gasteiger partial charge >= 0.3 is 0 Å². The van der Waals surface area contributed by atoms with Crippen LogP contribution in [0.25, 0.3) is 0 Å². The second kappa shape index (κ2) is 3.90. The summed E-state index contributed by atoms with van der Waals surface area (Å²) < 4.78 is 0. The van der Waals surface area contributed by atoms with E-state index in [2.05, 4.69) is 12.2 Å². The molecule has 1 saturated heterocycles. The summed E-state index contributed by atoms with van der Waals surface area (Å²) in [5.74, 6) is 0.208. The van der Waals surface area contributed by atoms with Crippen molar-refractivity contribution in [3.8, 4) is 0 Å². The van der Waals surface area contributed by atoms with E-state index in [1.807, 2.05) is 11.9 Å². The van der Waals surface area contributed by atoms with E-state index in [0.717, 1.165) is 19.4 Å². The molecule has 0 spiro atoms. The van der Waals surface area contributed by atoms with Gasteiger partial charge in [0.2, 0.25) is 5.91 Å². The molecule has 70 valence electrons. The largest absolute Gasteiger partial charge is 0.338 e. The molecule has 0 bridgehead atoms. The Morgan fingerprint density at radius 3 is 2.83 bits per heavy atom. The molecule has 1 N–H and O–H groups in total. The normalized spacial score (nSPS) is 25.9. The van der Waals surface area contributed by atoms with Crippen LogP contribution >= 0.6 is 0 Å². The average molecular weight is 170 g/mol. The smallest absolute Gasteiger partial charge is 0.219 e. The van der Waals surface area contributed by atoms with Gasteiger partial charge in [0.25, 0.3) is 0 Å². The Balaban J connectivity index is 2.57. The molecule has 0 aromatic carbocycles. The number of carbonyl (C=O) groups excluding carboxylic acids is 1. The van der Waals surface area contributed by atoms with E-state index in [-0.39, 0.29) is 5.91 Å². The lowest BCUT2D eigenvalue weighted by atomic mass is 10.1. The zero-order chi connectivity index (χ0) is 9.14. The maximum Gasteiger partial charge on any atom is 0.219 e. The van der Waals surface area contributed by atoms with Crippen molar-refractivity contribution in [1.82, 2.24) is 10.2 Å². The highest BCUT2D eigenvalue weighted by atomic mass is 16.2. The van der Waals surface area contributed by atoms with Gasteiger partial charge in [-0.15, -0.1) is 0 Å². The van der Waals surface area contributed by atoms with E-state index >= 15 is 0 Å². The maximum atomic E-state index is 11.2. The van der Waals surface area contributed by atoms with Crippen LogP contribution < -0.4 is 5.32 Å². The molecule has 2 atom stereocenters. The molecule has 3 nitrogen and oxygen atoms in total. The van der Waals surface area contributed by atoms with E-state index in [4.69, 9.17) is 0 Å². The Kier molecular flexibility index (Phi) is 3.09. The van der Waals surface area contributed by atoms with Crippen molar-refractivity contribution < 1.29 is 4.79 Å². The van der Waals surface area contributed by atoms with Crippen LogP contribution in [0.1, 0.15) is 26.7 Å². The molecule has 1 fully saturated rings. The van der Waals surface area contributed by atoms with Gasteiger partial charge in [-0.2, -0.15) is 0 Å². The first-order chi connectivity index (χ1) is 5.66. The molecule has 1 amide bonds. The number of carbonyl (C=O) groups is 1. The number of hydrogen-bond donors (Lipinski definition) is 1. The Hall–Kier alpha value is -0.570. The minimum absolute atomic E-state index is 0.208. The molecule has 12 heavy (non-hydrogen) atoms. The molecule has 1 aliphatic heterocycles. The molecule has 1 rings (SSSR count). The monoisotopic (exact) mass is 170 g/mol. The van der Waals surface area contributed by atoms with Gasteiger partial charge in [0.1, 0.15) is 0 Å². The topological polar surface area (TPSA) is 32.3 Å².